The number of benzene rings is 2. The van der Waals surface area contributed by atoms with E-state index in [9.17, 15) is 19.3 Å². The lowest BCUT2D eigenvalue weighted by Gasteiger charge is -2.05. The minimum atomic E-state index is -0.970. The van der Waals surface area contributed by atoms with E-state index in [1.165, 1.54) is 6.07 Å². The first kappa shape index (κ1) is 20.4. The monoisotopic (exact) mass is 438 g/mol. The third kappa shape index (κ3) is 4.51. The summed E-state index contributed by atoms with van der Waals surface area (Å²) in [5.41, 5.74) is 2.77. The number of anilines is 1. The van der Waals surface area contributed by atoms with Crippen LogP contribution in [-0.2, 0) is 4.79 Å². The van der Waals surface area contributed by atoms with Crippen LogP contribution in [0.1, 0.15) is 5.56 Å². The molecule has 156 valence electrons. The highest BCUT2D eigenvalue weighted by molar-refractivity contribution is 7.99. The molecule has 1 N–H and O–H groups in total. The van der Waals surface area contributed by atoms with Gasteiger partial charge in [0.25, 0.3) is 0 Å². The van der Waals surface area contributed by atoms with Gasteiger partial charge in [0.2, 0.25) is 16.9 Å². The summed E-state index contributed by atoms with van der Waals surface area (Å²) in [7, 11) is 0. The van der Waals surface area contributed by atoms with Crippen LogP contribution < -0.4 is 5.32 Å². The maximum atomic E-state index is 13.4. The smallest absolute Gasteiger partial charge is 0.306 e. The molecule has 4 aromatic rings. The molecule has 31 heavy (non-hydrogen) atoms. The van der Waals surface area contributed by atoms with E-state index in [-0.39, 0.29) is 11.4 Å². The number of nitrogens with zero attached hydrogens (tertiary/aromatic N) is 5. The fourth-order valence-corrected chi connectivity index (χ4v) is 3.48. The molecule has 0 unspecified atom stereocenters. The number of nitro groups is 1. The second-order valence-corrected chi connectivity index (χ2v) is 7.54. The van der Waals surface area contributed by atoms with Crippen LogP contribution in [0.5, 0.6) is 0 Å². The van der Waals surface area contributed by atoms with E-state index < -0.39 is 22.3 Å². The average Bonchev–Trinajstić information content (AvgIpc) is 3.16. The number of fused-ring (bicyclic) bond motifs is 1. The zero-order valence-corrected chi connectivity index (χ0v) is 17.0. The van der Waals surface area contributed by atoms with E-state index in [1.807, 2.05) is 37.3 Å². The Balaban J connectivity index is 1.48. The van der Waals surface area contributed by atoms with Gasteiger partial charge in [-0.25, -0.2) is 0 Å². The Morgan fingerprint density at radius 3 is 2.68 bits per heavy atom. The molecule has 2 aromatic carbocycles. The summed E-state index contributed by atoms with van der Waals surface area (Å²) in [5, 5.41) is 26.4. The molecule has 4 rings (SSSR count). The van der Waals surface area contributed by atoms with Gasteiger partial charge in [-0.15, -0.1) is 10.2 Å². The largest absolute Gasteiger partial charge is 0.325 e. The summed E-state index contributed by atoms with van der Waals surface area (Å²) in [6.07, 6.45) is 0. The molecule has 2 heterocycles. The Kier molecular flexibility index (Phi) is 5.58. The third-order valence-corrected chi connectivity index (χ3v) is 5.26. The highest BCUT2D eigenvalue weighted by Gasteiger charge is 2.16. The highest BCUT2D eigenvalue weighted by atomic mass is 32.2. The molecule has 0 fully saturated rings. The van der Waals surface area contributed by atoms with Crippen LogP contribution in [0.15, 0.2) is 59.8 Å². The van der Waals surface area contributed by atoms with E-state index in [0.717, 1.165) is 40.7 Å². The number of hydrogen-bond acceptors (Lipinski definition) is 7. The van der Waals surface area contributed by atoms with Gasteiger partial charge in [0, 0.05) is 17.3 Å². The van der Waals surface area contributed by atoms with Crippen molar-refractivity contribution in [3.8, 4) is 11.3 Å². The molecule has 0 saturated carbocycles. The molecule has 0 atom stereocenters. The molecule has 0 radical (unpaired) electrons. The van der Waals surface area contributed by atoms with Crippen LogP contribution in [-0.4, -0.2) is 36.4 Å². The van der Waals surface area contributed by atoms with Crippen LogP contribution in [0.2, 0.25) is 0 Å². The maximum absolute atomic E-state index is 13.4. The van der Waals surface area contributed by atoms with E-state index >= 15 is 0 Å². The molecular formula is C20H15FN6O3S. The molecule has 0 spiro atoms. The second-order valence-electron chi connectivity index (χ2n) is 6.60. The minimum absolute atomic E-state index is 0.0393. The average molecular weight is 438 g/mol. The van der Waals surface area contributed by atoms with Gasteiger partial charge in [0.1, 0.15) is 0 Å². The lowest BCUT2D eigenvalue weighted by Crippen LogP contribution is -2.14. The van der Waals surface area contributed by atoms with Crippen LogP contribution in [0.3, 0.4) is 0 Å². The first-order valence-corrected chi connectivity index (χ1v) is 10.1. The van der Waals surface area contributed by atoms with Gasteiger partial charge in [-0.2, -0.15) is 14.0 Å². The summed E-state index contributed by atoms with van der Waals surface area (Å²) >= 11 is 1.11. The van der Waals surface area contributed by atoms with Crippen LogP contribution in [0.25, 0.3) is 16.9 Å². The van der Waals surface area contributed by atoms with Crippen LogP contribution >= 0.6 is 11.8 Å². The number of thioether (sulfide) groups is 1. The van der Waals surface area contributed by atoms with Gasteiger partial charge in [0.15, 0.2) is 5.65 Å². The Hall–Kier alpha value is -3.86. The molecule has 1 amide bonds. The highest BCUT2D eigenvalue weighted by Crippen LogP contribution is 2.23. The van der Waals surface area contributed by atoms with Gasteiger partial charge < -0.3 is 5.32 Å². The van der Waals surface area contributed by atoms with Crippen molar-refractivity contribution < 1.29 is 14.1 Å². The standard InChI is InChI=1S/C20H15FN6O3S/c1-12-2-4-13(5-3-12)16-8-9-18-23-24-20(26(18)25-16)31-11-19(28)22-14-6-7-15(21)17(10-14)27(29)30/h2-10H,11H2,1H3,(H,22,28). The molecule has 0 saturated heterocycles. The number of amides is 1. The first-order valence-electron chi connectivity index (χ1n) is 9.07. The molecule has 0 bridgehead atoms. The van der Waals surface area contributed by atoms with Crippen molar-refractivity contribution in [1.82, 2.24) is 19.8 Å². The van der Waals surface area contributed by atoms with Gasteiger partial charge in [-0.1, -0.05) is 41.6 Å². The minimum Gasteiger partial charge on any atom is -0.325 e. The van der Waals surface area contributed by atoms with E-state index in [2.05, 4.69) is 20.6 Å². The van der Waals surface area contributed by atoms with E-state index in [1.54, 1.807) is 10.6 Å². The number of aromatic nitrogens is 4. The van der Waals surface area contributed by atoms with Crippen molar-refractivity contribution in [2.24, 2.45) is 0 Å². The van der Waals surface area contributed by atoms with Gasteiger partial charge >= 0.3 is 5.69 Å². The lowest BCUT2D eigenvalue weighted by atomic mass is 10.1. The summed E-state index contributed by atoms with van der Waals surface area (Å²) in [6.45, 7) is 2.00. The quantitative estimate of drug-likeness (QED) is 0.276. The predicted octanol–water partition coefficient (Wildman–Crippen LogP) is 3.88. The number of hydrogen-bond donors (Lipinski definition) is 1. The number of carbonyl (C=O) groups is 1. The molecule has 2 aromatic heterocycles. The Morgan fingerprint density at radius 1 is 1.16 bits per heavy atom. The molecule has 0 aliphatic rings. The summed E-state index contributed by atoms with van der Waals surface area (Å²) in [6, 6.07) is 14.7. The zero-order valence-electron chi connectivity index (χ0n) is 16.2. The number of carbonyl (C=O) groups excluding carboxylic acids is 1. The molecule has 11 heteroatoms. The van der Waals surface area contributed by atoms with Crippen LogP contribution in [0, 0.1) is 22.9 Å². The first-order chi connectivity index (χ1) is 14.9. The summed E-state index contributed by atoms with van der Waals surface area (Å²) in [4.78, 5) is 22.2. The number of halogens is 1. The Bertz CT molecular complexity index is 1290. The fraction of sp³-hybridized carbons (Fsp3) is 0.100. The number of nitrogens with one attached hydrogen (secondary N) is 1. The topological polar surface area (TPSA) is 115 Å². The van der Waals surface area contributed by atoms with Crippen LogP contribution in [0.4, 0.5) is 15.8 Å². The van der Waals surface area contributed by atoms with Crippen molar-refractivity contribution in [2.75, 3.05) is 11.1 Å². The number of nitro benzene ring substituents is 1. The molecule has 9 nitrogen and oxygen atoms in total. The van der Waals surface area contributed by atoms with Crippen molar-refractivity contribution in [2.45, 2.75) is 12.1 Å². The molecule has 0 aliphatic heterocycles. The zero-order chi connectivity index (χ0) is 22.0. The third-order valence-electron chi connectivity index (χ3n) is 4.34. The normalized spacial score (nSPS) is 10.9. The Labute approximate surface area is 179 Å². The maximum Gasteiger partial charge on any atom is 0.306 e. The van der Waals surface area contributed by atoms with Crippen molar-refractivity contribution in [3.05, 3.63) is 76.1 Å². The van der Waals surface area contributed by atoms with E-state index in [0.29, 0.717) is 10.8 Å². The predicted molar refractivity (Wildman–Crippen MR) is 113 cm³/mol. The second kappa shape index (κ2) is 8.48. The van der Waals surface area contributed by atoms with Gasteiger partial charge in [-0.05, 0) is 31.2 Å². The SMILES string of the molecule is Cc1ccc(-c2ccc3nnc(SCC(=O)Nc4ccc(F)c([N+](=O)[O-])c4)n3n2)cc1. The van der Waals surface area contributed by atoms with Crippen molar-refractivity contribution >= 4 is 34.7 Å². The fourth-order valence-electron chi connectivity index (χ4n) is 2.79. The molecule has 0 aliphatic carbocycles. The Morgan fingerprint density at radius 2 is 1.94 bits per heavy atom. The lowest BCUT2D eigenvalue weighted by molar-refractivity contribution is -0.387. The van der Waals surface area contributed by atoms with Crippen molar-refractivity contribution in [3.63, 3.8) is 0 Å². The summed E-state index contributed by atoms with van der Waals surface area (Å²) < 4.78 is 15.0. The number of aryl methyl sites for hydroxylation is 1. The van der Waals surface area contributed by atoms with Gasteiger partial charge in [-0.3, -0.25) is 14.9 Å². The summed E-state index contributed by atoms with van der Waals surface area (Å²) in [5.74, 6) is -1.44. The van der Waals surface area contributed by atoms with E-state index in [4.69, 9.17) is 0 Å². The van der Waals surface area contributed by atoms with Gasteiger partial charge in [0.05, 0.1) is 16.4 Å². The molecular weight excluding hydrogens is 423 g/mol. The van der Waals surface area contributed by atoms with Crippen molar-refractivity contribution in [1.29, 1.82) is 0 Å². The number of rotatable bonds is 6.